The van der Waals surface area contributed by atoms with Gasteiger partial charge in [-0.3, -0.25) is 10.4 Å². The number of nitrogens with one attached hydrogen (secondary N) is 1. The fourth-order valence-electron chi connectivity index (χ4n) is 2.74. The number of hydrogen-bond acceptors (Lipinski definition) is 10. The van der Waals surface area contributed by atoms with Crippen LogP contribution in [0.2, 0.25) is 0 Å². The van der Waals surface area contributed by atoms with Crippen molar-refractivity contribution in [3.63, 3.8) is 0 Å². The third-order valence-electron chi connectivity index (χ3n) is 4.39. The van der Waals surface area contributed by atoms with Gasteiger partial charge in [0, 0.05) is 5.41 Å². The Kier molecular flexibility index (Phi) is 6.30. The Hall–Kier alpha value is -2.06. The van der Waals surface area contributed by atoms with Crippen LogP contribution in [0.4, 0.5) is 5.69 Å². The van der Waals surface area contributed by atoms with E-state index in [4.69, 9.17) is 15.7 Å². The van der Waals surface area contributed by atoms with Gasteiger partial charge in [0.1, 0.15) is 35.5 Å². The monoisotopic (exact) mass is 413 g/mol. The van der Waals surface area contributed by atoms with Crippen molar-refractivity contribution in [1.82, 2.24) is 15.4 Å². The van der Waals surface area contributed by atoms with Crippen molar-refractivity contribution in [2.24, 2.45) is 10.8 Å². The standard InChI is InChI=1S/C16H23N5O6S/c1-27-9-4-2-8(3-5-9)18-16-19-21-11(20(16)17)7-28-15(21)14(26)13(25)12(24)10(23)6-22/h2-5,7,10,12-15,22-26H,6,17H2,1H3,(H,18,19)/t10-,12-,13+,14-,15?/m1/s1. The molecule has 0 bridgehead atoms. The molecule has 1 aromatic rings. The topological polar surface area (TPSA) is 167 Å². The summed E-state index contributed by atoms with van der Waals surface area (Å²) in [5.41, 5.74) is 3.56. The second-order valence-corrected chi connectivity index (χ2v) is 7.20. The molecule has 154 valence electrons. The lowest BCUT2D eigenvalue weighted by molar-refractivity contribution is -0.122. The molecule has 5 atom stereocenters. The van der Waals surface area contributed by atoms with Crippen LogP contribution in [-0.4, -0.2) is 85.0 Å². The molecule has 2 heterocycles. The predicted octanol–water partition coefficient (Wildman–Crippen LogP) is -2.01. The average molecular weight is 413 g/mol. The Morgan fingerprint density at radius 1 is 1.21 bits per heavy atom. The molecule has 0 saturated carbocycles. The van der Waals surface area contributed by atoms with Crippen LogP contribution in [0.15, 0.2) is 40.5 Å². The van der Waals surface area contributed by atoms with Gasteiger partial charge in [-0.2, -0.15) is 0 Å². The Balaban J connectivity index is 1.73. The number of methoxy groups -OCH3 is 1. The smallest absolute Gasteiger partial charge is 0.239 e. The Labute approximate surface area is 165 Å². The van der Waals surface area contributed by atoms with Gasteiger partial charge in [-0.1, -0.05) is 0 Å². The van der Waals surface area contributed by atoms with Gasteiger partial charge in [-0.15, -0.1) is 11.8 Å². The van der Waals surface area contributed by atoms with E-state index in [-0.39, 0.29) is 0 Å². The largest absolute Gasteiger partial charge is 0.497 e. The van der Waals surface area contributed by atoms with Crippen LogP contribution in [0.1, 0.15) is 0 Å². The highest BCUT2D eigenvalue weighted by Crippen LogP contribution is 2.36. The molecule has 2 aliphatic rings. The van der Waals surface area contributed by atoms with Crippen LogP contribution in [0, 0.1) is 0 Å². The van der Waals surface area contributed by atoms with E-state index in [1.807, 2.05) is 0 Å². The highest BCUT2D eigenvalue weighted by Gasteiger charge is 2.45. The van der Waals surface area contributed by atoms with Crippen LogP contribution in [0.3, 0.4) is 0 Å². The molecule has 1 fully saturated rings. The molecular weight excluding hydrogens is 390 g/mol. The number of benzene rings is 1. The number of hydrogen-bond donors (Lipinski definition) is 7. The fourth-order valence-corrected chi connectivity index (χ4v) is 3.83. The maximum atomic E-state index is 10.4. The maximum absolute atomic E-state index is 10.4. The van der Waals surface area contributed by atoms with Gasteiger partial charge < -0.3 is 30.3 Å². The van der Waals surface area contributed by atoms with Gasteiger partial charge in [0.2, 0.25) is 5.96 Å². The molecule has 1 aromatic carbocycles. The lowest BCUT2D eigenvalue weighted by Crippen LogP contribution is -2.54. The molecule has 12 heteroatoms. The first-order valence-corrected chi connectivity index (χ1v) is 9.34. The van der Waals surface area contributed by atoms with E-state index in [1.54, 1.807) is 36.8 Å². The lowest BCUT2D eigenvalue weighted by Gasteiger charge is -2.32. The summed E-state index contributed by atoms with van der Waals surface area (Å²) in [6.45, 7) is -0.747. The number of thioether (sulfide) groups is 1. The molecule has 0 spiro atoms. The number of guanidine groups is 1. The van der Waals surface area contributed by atoms with E-state index in [0.717, 1.165) is 0 Å². The van der Waals surface area contributed by atoms with Crippen molar-refractivity contribution in [1.29, 1.82) is 0 Å². The first-order chi connectivity index (χ1) is 13.4. The molecule has 8 N–H and O–H groups in total. The van der Waals surface area contributed by atoms with E-state index >= 15 is 0 Å². The zero-order chi connectivity index (χ0) is 20.4. The number of nitrogens with zero attached hydrogens (tertiary/aromatic N) is 3. The van der Waals surface area contributed by atoms with Gasteiger partial charge in [-0.25, -0.2) is 15.8 Å². The number of aliphatic imine (C=N–C) groups is 1. The van der Waals surface area contributed by atoms with Crippen molar-refractivity contribution in [3.05, 3.63) is 35.5 Å². The number of rotatable bonds is 7. The summed E-state index contributed by atoms with van der Waals surface area (Å²) in [6, 6.07) is 7.00. The summed E-state index contributed by atoms with van der Waals surface area (Å²) < 4.78 is 5.10. The molecule has 28 heavy (non-hydrogen) atoms. The number of nitrogens with two attached hydrogens (primary N) is 1. The second kappa shape index (κ2) is 8.53. The van der Waals surface area contributed by atoms with Crippen LogP contribution >= 0.6 is 11.8 Å². The molecule has 3 rings (SSSR count). The van der Waals surface area contributed by atoms with Crippen molar-refractivity contribution in [3.8, 4) is 5.75 Å². The molecule has 0 radical (unpaired) electrons. The lowest BCUT2D eigenvalue weighted by atomic mass is 10.0. The molecule has 2 aliphatic heterocycles. The van der Waals surface area contributed by atoms with Crippen molar-refractivity contribution in [2.45, 2.75) is 29.8 Å². The molecule has 1 saturated heterocycles. The molecule has 0 amide bonds. The first kappa shape index (κ1) is 20.7. The van der Waals surface area contributed by atoms with E-state index in [1.165, 1.54) is 21.8 Å². The van der Waals surface area contributed by atoms with E-state index < -0.39 is 36.4 Å². The van der Waals surface area contributed by atoms with Crippen LogP contribution in [0.25, 0.3) is 0 Å². The van der Waals surface area contributed by atoms with Gasteiger partial charge in [0.05, 0.1) is 19.4 Å². The third kappa shape index (κ3) is 3.89. The van der Waals surface area contributed by atoms with Gasteiger partial charge in [0.25, 0.3) is 0 Å². The normalized spacial score (nSPS) is 24.5. The van der Waals surface area contributed by atoms with Gasteiger partial charge in [0.15, 0.2) is 5.82 Å². The van der Waals surface area contributed by atoms with Gasteiger partial charge in [-0.05, 0) is 24.3 Å². The van der Waals surface area contributed by atoms with Crippen LogP contribution < -0.4 is 16.0 Å². The number of aliphatic hydroxyl groups is 5. The minimum Gasteiger partial charge on any atom is -0.497 e. The molecule has 0 aromatic heterocycles. The van der Waals surface area contributed by atoms with Crippen LogP contribution in [0.5, 0.6) is 5.75 Å². The first-order valence-electron chi connectivity index (χ1n) is 8.39. The minimum absolute atomic E-state index is 0.291. The summed E-state index contributed by atoms with van der Waals surface area (Å²) >= 11 is 1.17. The quantitative estimate of drug-likeness (QED) is 0.247. The third-order valence-corrected chi connectivity index (χ3v) is 5.51. The van der Waals surface area contributed by atoms with E-state index in [2.05, 4.69) is 10.4 Å². The van der Waals surface area contributed by atoms with E-state index in [9.17, 15) is 20.4 Å². The summed E-state index contributed by atoms with van der Waals surface area (Å²) in [7, 11) is 1.57. The summed E-state index contributed by atoms with van der Waals surface area (Å²) in [5.74, 6) is 7.53. The Morgan fingerprint density at radius 3 is 2.50 bits per heavy atom. The SMILES string of the molecule is COc1ccc(N=C2NN3C(=CSC3[C@H](O)[C@@H](O)[C@H](O)[C@H](O)CO)N2N)cc1. The van der Waals surface area contributed by atoms with Crippen molar-refractivity contribution >= 4 is 23.4 Å². The zero-order valence-electron chi connectivity index (χ0n) is 15.0. The number of aliphatic hydroxyl groups excluding tert-OH is 5. The van der Waals surface area contributed by atoms with Gasteiger partial charge >= 0.3 is 0 Å². The highest BCUT2D eigenvalue weighted by atomic mass is 32.2. The minimum atomic E-state index is -1.71. The maximum Gasteiger partial charge on any atom is 0.239 e. The molecule has 0 aliphatic carbocycles. The van der Waals surface area contributed by atoms with E-state index in [0.29, 0.717) is 23.2 Å². The Bertz CT molecular complexity index is 748. The predicted molar refractivity (Wildman–Crippen MR) is 102 cm³/mol. The fraction of sp³-hybridized carbons (Fsp3) is 0.438. The molecule has 11 nitrogen and oxygen atoms in total. The Morgan fingerprint density at radius 2 is 1.89 bits per heavy atom. The highest BCUT2D eigenvalue weighted by molar-refractivity contribution is 8.03. The summed E-state index contributed by atoms with van der Waals surface area (Å²) in [4.78, 5) is 4.40. The molecular formula is C16H23N5O6S. The second-order valence-electron chi connectivity index (χ2n) is 6.21. The van der Waals surface area contributed by atoms with Crippen LogP contribution in [-0.2, 0) is 0 Å². The molecule has 1 unspecified atom stereocenters. The van der Waals surface area contributed by atoms with Crippen molar-refractivity contribution < 1.29 is 30.3 Å². The average Bonchev–Trinajstić information content (AvgIpc) is 3.26. The summed E-state index contributed by atoms with van der Waals surface area (Å²) in [6.07, 6.45) is -6.44. The number of fused-ring (bicyclic) bond motifs is 1. The number of ether oxygens (including phenoxy) is 1. The summed E-state index contributed by atoms with van der Waals surface area (Å²) in [5, 5.41) is 52.5. The van der Waals surface area contributed by atoms with Crippen molar-refractivity contribution in [2.75, 3.05) is 13.7 Å². The number of hydrazine groups is 2. The zero-order valence-corrected chi connectivity index (χ0v) is 15.8.